The van der Waals surface area contributed by atoms with Crippen molar-refractivity contribution in [2.24, 2.45) is 0 Å². The number of fused-ring (bicyclic) bond motifs is 1. The summed E-state index contributed by atoms with van der Waals surface area (Å²) >= 11 is 0. The first kappa shape index (κ1) is 18.0. The molecule has 3 rings (SSSR count). The van der Waals surface area contributed by atoms with Gasteiger partial charge in [-0.1, -0.05) is 12.1 Å². The summed E-state index contributed by atoms with van der Waals surface area (Å²) in [5.74, 6) is -2.05. The standard InChI is InChI=1S/C19H18F3N3O/c1-10(2)23-17-14(21)8-15-18(16(17)22)24-11(3)19(26)25(15)9-12-4-6-13(20)7-5-12/h4-8,10,23H,9H2,1-3H3. The molecule has 0 aliphatic rings. The quantitative estimate of drug-likeness (QED) is 0.764. The van der Waals surface area contributed by atoms with E-state index < -0.39 is 23.0 Å². The van der Waals surface area contributed by atoms with Gasteiger partial charge in [0.2, 0.25) is 0 Å². The van der Waals surface area contributed by atoms with Gasteiger partial charge in [0.25, 0.3) is 5.56 Å². The molecule has 0 saturated carbocycles. The molecule has 26 heavy (non-hydrogen) atoms. The van der Waals surface area contributed by atoms with Crippen molar-refractivity contribution < 1.29 is 13.2 Å². The Hall–Kier alpha value is -2.83. The monoisotopic (exact) mass is 361 g/mol. The fraction of sp³-hybridized carbons (Fsp3) is 0.263. The van der Waals surface area contributed by atoms with Crippen LogP contribution in [-0.4, -0.2) is 15.6 Å². The number of nitrogens with one attached hydrogen (secondary N) is 1. The number of aromatic nitrogens is 2. The second-order valence-corrected chi connectivity index (χ2v) is 6.43. The number of rotatable bonds is 4. The van der Waals surface area contributed by atoms with E-state index in [2.05, 4.69) is 10.3 Å². The Kier molecular flexibility index (Phi) is 4.71. The van der Waals surface area contributed by atoms with Gasteiger partial charge in [0.1, 0.15) is 22.7 Å². The van der Waals surface area contributed by atoms with Gasteiger partial charge >= 0.3 is 0 Å². The van der Waals surface area contributed by atoms with Gasteiger partial charge in [-0.3, -0.25) is 4.79 Å². The smallest absolute Gasteiger partial charge is 0.272 e. The first-order valence-corrected chi connectivity index (χ1v) is 8.18. The summed E-state index contributed by atoms with van der Waals surface area (Å²) in [5.41, 5.74) is -0.0363. The molecule has 1 aromatic heterocycles. The zero-order chi connectivity index (χ0) is 19.0. The van der Waals surface area contributed by atoms with Crippen LogP contribution >= 0.6 is 0 Å². The molecule has 3 aromatic rings. The Morgan fingerprint density at radius 3 is 2.42 bits per heavy atom. The van der Waals surface area contributed by atoms with E-state index >= 15 is 0 Å². The Bertz CT molecular complexity index is 1030. The van der Waals surface area contributed by atoms with Crippen LogP contribution in [0.4, 0.5) is 18.9 Å². The molecule has 4 nitrogen and oxygen atoms in total. The minimum atomic E-state index is -0.843. The van der Waals surface area contributed by atoms with Crippen molar-refractivity contribution in [2.75, 3.05) is 5.32 Å². The molecule has 1 N–H and O–H groups in total. The number of halogens is 3. The zero-order valence-electron chi connectivity index (χ0n) is 14.6. The van der Waals surface area contributed by atoms with Crippen LogP contribution in [0.5, 0.6) is 0 Å². The van der Waals surface area contributed by atoms with Crippen molar-refractivity contribution in [1.82, 2.24) is 9.55 Å². The molecule has 0 saturated heterocycles. The summed E-state index contributed by atoms with van der Waals surface area (Å²) in [6, 6.07) is 6.49. The maximum atomic E-state index is 14.8. The first-order valence-electron chi connectivity index (χ1n) is 8.18. The second kappa shape index (κ2) is 6.82. The fourth-order valence-corrected chi connectivity index (χ4v) is 2.78. The summed E-state index contributed by atoms with van der Waals surface area (Å²) in [4.78, 5) is 16.5. The molecule has 0 atom stereocenters. The Labute approximate surface area is 148 Å². The van der Waals surface area contributed by atoms with Crippen LogP contribution in [0.1, 0.15) is 25.1 Å². The van der Waals surface area contributed by atoms with Crippen molar-refractivity contribution in [3.63, 3.8) is 0 Å². The van der Waals surface area contributed by atoms with E-state index in [9.17, 15) is 18.0 Å². The normalized spacial score (nSPS) is 11.3. The predicted molar refractivity (Wildman–Crippen MR) is 94.9 cm³/mol. The average Bonchev–Trinajstić information content (AvgIpc) is 2.58. The third kappa shape index (κ3) is 3.29. The van der Waals surface area contributed by atoms with Crippen molar-refractivity contribution >= 4 is 16.7 Å². The highest BCUT2D eigenvalue weighted by molar-refractivity contribution is 5.81. The van der Waals surface area contributed by atoms with Gasteiger partial charge in [0.15, 0.2) is 11.6 Å². The lowest BCUT2D eigenvalue weighted by molar-refractivity contribution is 0.588. The molecule has 0 radical (unpaired) electrons. The maximum Gasteiger partial charge on any atom is 0.272 e. The number of anilines is 1. The van der Waals surface area contributed by atoms with Crippen LogP contribution in [0.15, 0.2) is 35.1 Å². The highest BCUT2D eigenvalue weighted by atomic mass is 19.1. The summed E-state index contributed by atoms with van der Waals surface area (Å²) in [6.45, 7) is 5.05. The molecule has 0 spiro atoms. The molecule has 0 unspecified atom stereocenters. The number of benzene rings is 2. The van der Waals surface area contributed by atoms with E-state index in [0.29, 0.717) is 5.56 Å². The molecule has 0 fully saturated rings. The fourth-order valence-electron chi connectivity index (χ4n) is 2.78. The maximum absolute atomic E-state index is 14.8. The van der Waals surface area contributed by atoms with E-state index in [4.69, 9.17) is 0 Å². The topological polar surface area (TPSA) is 46.9 Å². The highest BCUT2D eigenvalue weighted by Crippen LogP contribution is 2.27. The van der Waals surface area contributed by atoms with Crippen molar-refractivity contribution in [3.8, 4) is 0 Å². The van der Waals surface area contributed by atoms with Crippen molar-refractivity contribution in [3.05, 3.63) is 69.4 Å². The highest BCUT2D eigenvalue weighted by Gasteiger charge is 2.19. The Balaban J connectivity index is 2.23. The van der Waals surface area contributed by atoms with Gasteiger partial charge in [0, 0.05) is 12.1 Å². The van der Waals surface area contributed by atoms with Gasteiger partial charge < -0.3 is 9.88 Å². The van der Waals surface area contributed by atoms with E-state index in [1.54, 1.807) is 13.8 Å². The lowest BCUT2D eigenvalue weighted by Gasteiger charge is -2.16. The molecule has 1 heterocycles. The summed E-state index contributed by atoms with van der Waals surface area (Å²) in [5, 5.41) is 2.72. The SMILES string of the molecule is Cc1nc2c(F)c(NC(C)C)c(F)cc2n(Cc2ccc(F)cc2)c1=O. The Morgan fingerprint density at radius 2 is 1.81 bits per heavy atom. The first-order chi connectivity index (χ1) is 12.3. The summed E-state index contributed by atoms with van der Waals surface area (Å²) in [6.07, 6.45) is 0. The van der Waals surface area contributed by atoms with Crippen molar-refractivity contribution in [1.29, 1.82) is 0 Å². The minimum absolute atomic E-state index is 0.0502. The van der Waals surface area contributed by atoms with Gasteiger partial charge in [0.05, 0.1) is 12.1 Å². The molecular formula is C19H18F3N3O. The van der Waals surface area contributed by atoms with Crippen molar-refractivity contribution in [2.45, 2.75) is 33.4 Å². The number of aryl methyl sites for hydroxylation is 1. The molecule has 0 bridgehead atoms. The Morgan fingerprint density at radius 1 is 1.15 bits per heavy atom. The molecular weight excluding hydrogens is 343 g/mol. The van der Waals surface area contributed by atoms with Crippen LogP contribution < -0.4 is 10.9 Å². The zero-order valence-corrected chi connectivity index (χ0v) is 14.6. The minimum Gasteiger partial charge on any atom is -0.378 e. The van der Waals surface area contributed by atoms with Crippen LogP contribution in [0, 0.1) is 24.4 Å². The van der Waals surface area contributed by atoms with Gasteiger partial charge in [-0.15, -0.1) is 0 Å². The van der Waals surface area contributed by atoms with Crippen LogP contribution in [0.2, 0.25) is 0 Å². The van der Waals surface area contributed by atoms with Crippen LogP contribution in [-0.2, 0) is 6.54 Å². The average molecular weight is 361 g/mol. The van der Waals surface area contributed by atoms with Gasteiger partial charge in [-0.05, 0) is 38.5 Å². The third-order valence-electron chi connectivity index (χ3n) is 3.98. The second-order valence-electron chi connectivity index (χ2n) is 6.43. The van der Waals surface area contributed by atoms with Gasteiger partial charge in [-0.2, -0.15) is 0 Å². The van der Waals surface area contributed by atoms with E-state index in [1.165, 1.54) is 35.8 Å². The molecule has 0 aliphatic carbocycles. The lowest BCUT2D eigenvalue weighted by Crippen LogP contribution is -2.25. The van der Waals surface area contributed by atoms with Gasteiger partial charge in [-0.25, -0.2) is 18.2 Å². The van der Waals surface area contributed by atoms with E-state index in [1.807, 2.05) is 0 Å². The van der Waals surface area contributed by atoms with E-state index in [-0.39, 0.29) is 35.0 Å². The lowest BCUT2D eigenvalue weighted by atomic mass is 10.1. The summed E-state index contributed by atoms with van der Waals surface area (Å²) in [7, 11) is 0. The number of nitrogens with zero attached hydrogens (tertiary/aromatic N) is 2. The molecule has 0 amide bonds. The molecule has 136 valence electrons. The largest absolute Gasteiger partial charge is 0.378 e. The van der Waals surface area contributed by atoms with E-state index in [0.717, 1.165) is 6.07 Å². The third-order valence-corrected chi connectivity index (χ3v) is 3.98. The molecule has 2 aromatic carbocycles. The molecule has 7 heteroatoms. The molecule has 0 aliphatic heterocycles. The van der Waals surface area contributed by atoms with Crippen LogP contribution in [0.3, 0.4) is 0 Å². The summed E-state index contributed by atoms with van der Waals surface area (Å²) < 4.78 is 43.6. The van der Waals surface area contributed by atoms with Crippen LogP contribution in [0.25, 0.3) is 11.0 Å². The number of hydrogen-bond donors (Lipinski definition) is 1. The predicted octanol–water partition coefficient (Wildman–Crippen LogP) is 3.99. The number of hydrogen-bond acceptors (Lipinski definition) is 3.